The zero-order valence-corrected chi connectivity index (χ0v) is 22.1. The second-order valence-electron chi connectivity index (χ2n) is 9.67. The van der Waals surface area contributed by atoms with Gasteiger partial charge in [0.1, 0.15) is 18.9 Å². The van der Waals surface area contributed by atoms with Gasteiger partial charge in [-0.1, -0.05) is 24.3 Å². The molecule has 0 saturated carbocycles. The molecular weight excluding hydrogens is 494 g/mol. The van der Waals surface area contributed by atoms with Crippen molar-refractivity contribution >= 4 is 21.8 Å². The number of aryl methyl sites for hydroxylation is 2. The van der Waals surface area contributed by atoms with E-state index in [1.807, 2.05) is 48.9 Å². The van der Waals surface area contributed by atoms with Crippen molar-refractivity contribution in [1.29, 1.82) is 0 Å². The molecule has 0 bridgehead atoms. The Labute approximate surface area is 217 Å². The van der Waals surface area contributed by atoms with E-state index < -0.39 is 21.7 Å². The number of nitrogens with zero attached hydrogens (tertiary/aromatic N) is 2. The third kappa shape index (κ3) is 6.58. The van der Waals surface area contributed by atoms with Crippen LogP contribution in [0.25, 0.3) is 11.1 Å². The van der Waals surface area contributed by atoms with Crippen molar-refractivity contribution in [2.24, 2.45) is 0 Å². The molecule has 0 atom stereocenters. The van der Waals surface area contributed by atoms with Crippen LogP contribution in [0, 0.1) is 13.8 Å². The molecule has 1 fully saturated rings. The van der Waals surface area contributed by atoms with Crippen LogP contribution >= 0.6 is 0 Å². The van der Waals surface area contributed by atoms with Crippen LogP contribution in [0.5, 0.6) is 11.6 Å². The van der Waals surface area contributed by atoms with Gasteiger partial charge in [0.2, 0.25) is 5.88 Å². The molecule has 1 amide bonds. The molecule has 37 heavy (non-hydrogen) atoms. The highest BCUT2D eigenvalue weighted by atomic mass is 32.2. The summed E-state index contributed by atoms with van der Waals surface area (Å²) in [5.74, 6) is 0.657. The lowest BCUT2D eigenvalue weighted by Gasteiger charge is -2.18. The molecule has 10 heteroatoms. The lowest BCUT2D eigenvalue weighted by Crippen LogP contribution is -2.29. The molecule has 1 aliphatic rings. The quantitative estimate of drug-likeness (QED) is 0.438. The Morgan fingerprint density at radius 2 is 1.81 bits per heavy atom. The average Bonchev–Trinajstić information content (AvgIpc) is 3.09. The number of anilines is 1. The fourth-order valence-corrected chi connectivity index (χ4v) is 5.20. The second kappa shape index (κ2) is 10.4. The highest BCUT2D eigenvalue weighted by Crippen LogP contribution is 2.31. The van der Waals surface area contributed by atoms with E-state index in [4.69, 9.17) is 9.47 Å². The number of rotatable bonds is 9. The normalized spacial score (nSPS) is 14.9. The van der Waals surface area contributed by atoms with Gasteiger partial charge >= 0.3 is 10.2 Å². The van der Waals surface area contributed by atoms with E-state index in [0.29, 0.717) is 30.3 Å². The Hall–Kier alpha value is -3.63. The molecule has 0 aliphatic carbocycles. The number of ether oxygens (including phenoxy) is 2. The fraction of sp³-hybridized carbons (Fsp3) is 0.333. The first kappa shape index (κ1) is 26.4. The van der Waals surface area contributed by atoms with Gasteiger partial charge in [-0.3, -0.25) is 4.79 Å². The van der Waals surface area contributed by atoms with Crippen molar-refractivity contribution in [2.45, 2.75) is 46.3 Å². The zero-order chi connectivity index (χ0) is 26.8. The summed E-state index contributed by atoms with van der Waals surface area (Å²) >= 11 is 0. The average molecular weight is 526 g/mol. The van der Waals surface area contributed by atoms with E-state index in [9.17, 15) is 18.3 Å². The van der Waals surface area contributed by atoms with Crippen LogP contribution in [-0.4, -0.2) is 43.2 Å². The zero-order valence-electron chi connectivity index (χ0n) is 21.3. The van der Waals surface area contributed by atoms with Gasteiger partial charge in [0.05, 0.1) is 17.9 Å². The smallest absolute Gasteiger partial charge is 0.326 e. The maximum atomic E-state index is 12.0. The number of carbonyl (C=O) groups excluding carboxylic acids is 1. The Balaban J connectivity index is 1.43. The number of aliphatic hydroxyl groups is 1. The van der Waals surface area contributed by atoms with Gasteiger partial charge in [0.15, 0.2) is 0 Å². The third-order valence-electron chi connectivity index (χ3n) is 5.91. The minimum atomic E-state index is -3.83. The van der Waals surface area contributed by atoms with Gasteiger partial charge in [-0.2, -0.15) is 8.42 Å². The topological polar surface area (TPSA) is 118 Å². The summed E-state index contributed by atoms with van der Waals surface area (Å²) in [6.45, 7) is 7.87. The number of nitrogens with one attached hydrogen (secondary N) is 1. The first-order valence-corrected chi connectivity index (χ1v) is 13.3. The first-order valence-electron chi connectivity index (χ1n) is 11.9. The van der Waals surface area contributed by atoms with Gasteiger partial charge in [0, 0.05) is 23.7 Å². The van der Waals surface area contributed by atoms with E-state index in [1.54, 1.807) is 38.1 Å². The molecule has 4 rings (SSSR count). The highest BCUT2D eigenvalue weighted by Gasteiger charge is 2.33. The van der Waals surface area contributed by atoms with Crippen LogP contribution in [0.15, 0.2) is 54.6 Å². The molecule has 2 heterocycles. The molecule has 0 radical (unpaired) electrons. The van der Waals surface area contributed by atoms with Crippen molar-refractivity contribution in [1.82, 2.24) is 9.71 Å². The van der Waals surface area contributed by atoms with E-state index in [1.165, 1.54) is 0 Å². The molecule has 0 unspecified atom stereocenters. The summed E-state index contributed by atoms with van der Waals surface area (Å²) in [5, 5.41) is 9.88. The molecule has 1 aliphatic heterocycles. The summed E-state index contributed by atoms with van der Waals surface area (Å²) in [6.07, 6.45) is 0.505. The Kier molecular flexibility index (Phi) is 7.42. The van der Waals surface area contributed by atoms with Crippen molar-refractivity contribution in [3.05, 3.63) is 71.4 Å². The van der Waals surface area contributed by atoms with Crippen LogP contribution < -0.4 is 18.5 Å². The van der Waals surface area contributed by atoms with Crippen LogP contribution in [0.4, 0.5) is 5.69 Å². The van der Waals surface area contributed by atoms with Crippen molar-refractivity contribution in [2.75, 3.05) is 17.5 Å². The molecule has 2 N–H and O–H groups in total. The Bertz CT molecular complexity index is 1380. The molecular formula is C27H31N3O6S. The Morgan fingerprint density at radius 1 is 1.08 bits per heavy atom. The predicted octanol–water partition coefficient (Wildman–Crippen LogP) is 3.67. The number of hydrogen-bond acceptors (Lipinski definition) is 7. The number of benzene rings is 2. The molecule has 1 aromatic heterocycles. The second-order valence-corrected chi connectivity index (χ2v) is 11.3. The number of aromatic nitrogens is 1. The highest BCUT2D eigenvalue weighted by molar-refractivity contribution is 7.92. The van der Waals surface area contributed by atoms with E-state index >= 15 is 0 Å². The lowest BCUT2D eigenvalue weighted by molar-refractivity contribution is -0.117. The molecule has 0 spiro atoms. The monoisotopic (exact) mass is 525 g/mol. The summed E-state index contributed by atoms with van der Waals surface area (Å²) in [6, 6.07) is 16.5. The summed E-state index contributed by atoms with van der Waals surface area (Å²) < 4.78 is 38.8. The van der Waals surface area contributed by atoms with Crippen molar-refractivity contribution in [3.63, 3.8) is 0 Å². The van der Waals surface area contributed by atoms with Crippen LogP contribution in [0.1, 0.15) is 37.1 Å². The van der Waals surface area contributed by atoms with E-state index in [2.05, 4.69) is 4.98 Å². The van der Waals surface area contributed by atoms with E-state index in [-0.39, 0.29) is 13.2 Å². The fourth-order valence-electron chi connectivity index (χ4n) is 4.06. The SMILES string of the molecule is Cc1cc(OCCC(C)(C)O)nc(C)c1-c1cccc(OCc2ccc(N3CC(=O)NS3(=O)=O)cc2)c1. The van der Waals surface area contributed by atoms with Crippen LogP contribution in [-0.2, 0) is 21.6 Å². The van der Waals surface area contributed by atoms with Gasteiger partial charge in [-0.05, 0) is 68.7 Å². The number of hydrogen-bond donors (Lipinski definition) is 2. The van der Waals surface area contributed by atoms with Gasteiger partial charge in [-0.25, -0.2) is 14.0 Å². The van der Waals surface area contributed by atoms with Gasteiger partial charge < -0.3 is 14.6 Å². The van der Waals surface area contributed by atoms with Crippen molar-refractivity contribution in [3.8, 4) is 22.8 Å². The number of amides is 1. The minimum absolute atomic E-state index is 0.230. The summed E-state index contributed by atoms with van der Waals surface area (Å²) in [7, 11) is -3.83. The molecule has 1 saturated heterocycles. The van der Waals surface area contributed by atoms with Gasteiger partial charge in [-0.15, -0.1) is 0 Å². The summed E-state index contributed by atoms with van der Waals surface area (Å²) in [5.41, 5.74) is 4.29. The van der Waals surface area contributed by atoms with E-state index in [0.717, 1.165) is 32.3 Å². The van der Waals surface area contributed by atoms with Crippen molar-refractivity contribution < 1.29 is 27.8 Å². The van der Waals surface area contributed by atoms with Crippen LogP contribution in [0.2, 0.25) is 0 Å². The molecule has 9 nitrogen and oxygen atoms in total. The van der Waals surface area contributed by atoms with Gasteiger partial charge in [0.25, 0.3) is 5.91 Å². The third-order valence-corrected chi connectivity index (χ3v) is 7.32. The molecule has 196 valence electrons. The predicted molar refractivity (Wildman–Crippen MR) is 141 cm³/mol. The minimum Gasteiger partial charge on any atom is -0.489 e. The molecule has 3 aromatic rings. The largest absolute Gasteiger partial charge is 0.489 e. The maximum absolute atomic E-state index is 12.0. The lowest BCUT2D eigenvalue weighted by atomic mass is 9.99. The number of pyridine rings is 1. The standard InChI is InChI=1S/C27H31N3O6S/c1-18-14-25(35-13-12-27(3,4)32)28-19(2)26(18)21-6-5-7-23(15-21)36-17-20-8-10-22(11-9-20)30-16-24(31)29-37(30,33)34/h5-11,14-15,32H,12-13,16-17H2,1-4H3,(H,29,31). The number of carbonyl (C=O) groups is 1. The maximum Gasteiger partial charge on any atom is 0.326 e. The summed E-state index contributed by atoms with van der Waals surface area (Å²) in [4.78, 5) is 16.1. The first-order chi connectivity index (χ1) is 17.4. The molecule has 2 aromatic carbocycles. The van der Waals surface area contributed by atoms with Crippen LogP contribution in [0.3, 0.4) is 0 Å². The Morgan fingerprint density at radius 3 is 2.43 bits per heavy atom.